The quantitative estimate of drug-likeness (QED) is 0.645. The number of rotatable bonds is 4. The summed E-state index contributed by atoms with van der Waals surface area (Å²) in [5.41, 5.74) is 1.49. The third-order valence-electron chi connectivity index (χ3n) is 4.23. The molecule has 0 bridgehead atoms. The summed E-state index contributed by atoms with van der Waals surface area (Å²) in [5.74, 6) is 0.283. The van der Waals surface area contributed by atoms with Crippen molar-refractivity contribution in [2.24, 2.45) is 10.9 Å². The Bertz CT molecular complexity index is 851. The maximum atomic E-state index is 12.9. The highest BCUT2D eigenvalue weighted by atomic mass is 35.5. The van der Waals surface area contributed by atoms with Gasteiger partial charge in [0, 0.05) is 22.2 Å². The predicted octanol–water partition coefficient (Wildman–Crippen LogP) is 4.84. The highest BCUT2D eigenvalue weighted by Gasteiger charge is 2.42. The number of esters is 1. The first-order valence-electron chi connectivity index (χ1n) is 8.66. The average Bonchev–Trinajstić information content (AvgIpc) is 2.59. The summed E-state index contributed by atoms with van der Waals surface area (Å²) < 4.78 is 5.46. The van der Waals surface area contributed by atoms with E-state index in [1.54, 1.807) is 30.0 Å². The molecule has 2 aliphatic rings. The van der Waals surface area contributed by atoms with Crippen LogP contribution in [0.2, 0.25) is 10.0 Å². The van der Waals surface area contributed by atoms with E-state index in [9.17, 15) is 9.59 Å². The van der Waals surface area contributed by atoms with Crippen molar-refractivity contribution in [3.8, 4) is 0 Å². The Morgan fingerprint density at radius 1 is 1.41 bits per heavy atom. The van der Waals surface area contributed by atoms with Gasteiger partial charge in [-0.15, -0.1) is 0 Å². The van der Waals surface area contributed by atoms with Crippen LogP contribution in [0.15, 0.2) is 34.5 Å². The molecular formula is C19H20Cl2N2O3S. The molecule has 1 fully saturated rings. The first kappa shape index (κ1) is 20.2. The van der Waals surface area contributed by atoms with E-state index in [1.165, 1.54) is 11.8 Å². The lowest BCUT2D eigenvalue weighted by molar-refractivity contribution is -0.141. The number of thioether (sulfide) groups is 1. The highest BCUT2D eigenvalue weighted by Crippen LogP contribution is 2.42. The van der Waals surface area contributed by atoms with E-state index < -0.39 is 12.0 Å². The van der Waals surface area contributed by atoms with Crippen molar-refractivity contribution in [3.05, 3.63) is 45.1 Å². The molecular weight excluding hydrogens is 407 g/mol. The molecule has 0 saturated carbocycles. The molecule has 0 aliphatic carbocycles. The van der Waals surface area contributed by atoms with Gasteiger partial charge in [-0.1, -0.05) is 54.9 Å². The van der Waals surface area contributed by atoms with E-state index in [0.717, 1.165) is 0 Å². The van der Waals surface area contributed by atoms with E-state index >= 15 is 0 Å². The maximum absolute atomic E-state index is 12.9. The van der Waals surface area contributed by atoms with Gasteiger partial charge >= 0.3 is 5.97 Å². The van der Waals surface area contributed by atoms with Crippen LogP contribution in [0.25, 0.3) is 0 Å². The number of carbonyl (C=O) groups is 2. The van der Waals surface area contributed by atoms with Crippen molar-refractivity contribution in [2.45, 2.75) is 33.2 Å². The van der Waals surface area contributed by atoms with Gasteiger partial charge in [-0.05, 0) is 30.5 Å². The number of hydrogen-bond donors (Lipinski definition) is 0. The molecule has 1 atom stereocenters. The van der Waals surface area contributed by atoms with Crippen LogP contribution in [0.5, 0.6) is 0 Å². The topological polar surface area (TPSA) is 59.0 Å². The molecule has 2 heterocycles. The zero-order chi connectivity index (χ0) is 19.7. The third-order valence-corrected chi connectivity index (χ3v) is 5.75. The number of nitrogens with zero attached hydrogens (tertiary/aromatic N) is 2. The minimum absolute atomic E-state index is 0.0924. The van der Waals surface area contributed by atoms with E-state index in [-0.39, 0.29) is 18.4 Å². The number of carbonyl (C=O) groups excluding carboxylic acids is 2. The van der Waals surface area contributed by atoms with Crippen LogP contribution >= 0.6 is 35.0 Å². The van der Waals surface area contributed by atoms with Crippen molar-refractivity contribution < 1.29 is 14.3 Å². The summed E-state index contributed by atoms with van der Waals surface area (Å²) in [7, 11) is 0. The fourth-order valence-electron chi connectivity index (χ4n) is 2.99. The molecule has 0 spiro atoms. The molecule has 144 valence electrons. The molecule has 0 aromatic heterocycles. The molecule has 1 saturated heterocycles. The summed E-state index contributed by atoms with van der Waals surface area (Å²) in [6.45, 7) is 5.97. The van der Waals surface area contributed by atoms with Crippen LogP contribution in [0.1, 0.15) is 38.8 Å². The van der Waals surface area contributed by atoms with Crippen LogP contribution in [0.4, 0.5) is 0 Å². The molecule has 1 aromatic carbocycles. The van der Waals surface area contributed by atoms with Crippen LogP contribution in [0, 0.1) is 5.92 Å². The largest absolute Gasteiger partial charge is 0.462 e. The normalized spacial score (nSPS) is 19.9. The van der Waals surface area contributed by atoms with E-state index in [2.05, 4.69) is 4.99 Å². The summed E-state index contributed by atoms with van der Waals surface area (Å²) >= 11 is 14.0. The van der Waals surface area contributed by atoms with Crippen LogP contribution in [0.3, 0.4) is 0 Å². The van der Waals surface area contributed by atoms with Crippen LogP contribution in [-0.4, -0.2) is 34.3 Å². The van der Waals surface area contributed by atoms with E-state index in [0.29, 0.717) is 44.2 Å². The Kier molecular flexibility index (Phi) is 6.18. The number of aliphatic imine (C=N–C) groups is 1. The summed E-state index contributed by atoms with van der Waals surface area (Å²) in [6, 6.07) is 4.37. The van der Waals surface area contributed by atoms with Gasteiger partial charge in [0.15, 0.2) is 5.17 Å². The lowest BCUT2D eigenvalue weighted by Gasteiger charge is -2.39. The second-order valence-corrected chi connectivity index (χ2v) is 8.72. The summed E-state index contributed by atoms with van der Waals surface area (Å²) in [6.07, 6.45) is 0.374. The number of benzene rings is 1. The third kappa shape index (κ3) is 4.18. The van der Waals surface area contributed by atoms with Gasteiger partial charge in [0.25, 0.3) is 0 Å². The Morgan fingerprint density at radius 2 is 2.15 bits per heavy atom. The first-order chi connectivity index (χ1) is 12.8. The Labute approximate surface area is 172 Å². The SMILES string of the molecule is CC1=C(C(=O)OCC(C)C)[C@@H](c2ccc(Cl)cc2Cl)N2C(=O)CCSC2=N1. The van der Waals surface area contributed by atoms with Crippen molar-refractivity contribution in [3.63, 3.8) is 0 Å². The zero-order valence-corrected chi connectivity index (χ0v) is 17.6. The Balaban J connectivity index is 2.12. The molecule has 8 heteroatoms. The fraction of sp³-hybridized carbons (Fsp3) is 0.421. The number of amides is 1. The smallest absolute Gasteiger partial charge is 0.338 e. The highest BCUT2D eigenvalue weighted by molar-refractivity contribution is 8.14. The van der Waals surface area contributed by atoms with Crippen molar-refractivity contribution >= 4 is 52.0 Å². The predicted molar refractivity (Wildman–Crippen MR) is 109 cm³/mol. The summed E-state index contributed by atoms with van der Waals surface area (Å²) in [5, 5.41) is 1.46. The molecule has 0 unspecified atom stereocenters. The molecule has 2 aliphatic heterocycles. The lowest BCUT2D eigenvalue weighted by atomic mass is 9.94. The molecule has 1 amide bonds. The van der Waals surface area contributed by atoms with Gasteiger partial charge in [0.2, 0.25) is 5.91 Å². The van der Waals surface area contributed by atoms with Crippen LogP contribution < -0.4 is 0 Å². The van der Waals surface area contributed by atoms with Crippen molar-refractivity contribution in [1.29, 1.82) is 0 Å². The molecule has 5 nitrogen and oxygen atoms in total. The van der Waals surface area contributed by atoms with Gasteiger partial charge in [-0.25, -0.2) is 9.79 Å². The molecule has 0 radical (unpaired) electrons. The second-order valence-electron chi connectivity index (χ2n) is 6.82. The fourth-order valence-corrected chi connectivity index (χ4v) is 4.51. The average molecular weight is 427 g/mol. The number of halogens is 2. The van der Waals surface area contributed by atoms with E-state index in [1.807, 2.05) is 13.8 Å². The molecule has 0 N–H and O–H groups in total. The summed E-state index contributed by atoms with van der Waals surface area (Å²) in [4.78, 5) is 31.7. The number of amidine groups is 1. The van der Waals surface area contributed by atoms with Gasteiger partial charge in [0.05, 0.1) is 23.9 Å². The number of hydrogen-bond acceptors (Lipinski definition) is 5. The van der Waals surface area contributed by atoms with Gasteiger partial charge < -0.3 is 4.74 Å². The van der Waals surface area contributed by atoms with Gasteiger partial charge in [0.1, 0.15) is 0 Å². The monoisotopic (exact) mass is 426 g/mol. The minimum atomic E-state index is -0.678. The van der Waals surface area contributed by atoms with Crippen LogP contribution in [-0.2, 0) is 14.3 Å². The van der Waals surface area contributed by atoms with Crippen molar-refractivity contribution in [1.82, 2.24) is 4.90 Å². The standard InChI is InChI=1S/C19H20Cl2N2O3S/c1-10(2)9-26-18(25)16-11(3)22-19-23(15(24)6-7-27-19)17(16)13-5-4-12(20)8-14(13)21/h4-5,8,10,17H,6-7,9H2,1-3H3/t17-/m1/s1. The van der Waals surface area contributed by atoms with E-state index in [4.69, 9.17) is 27.9 Å². The number of ether oxygens (including phenoxy) is 1. The first-order valence-corrected chi connectivity index (χ1v) is 10.4. The lowest BCUT2D eigenvalue weighted by Crippen LogP contribution is -2.46. The zero-order valence-electron chi connectivity index (χ0n) is 15.3. The molecule has 1 aromatic rings. The maximum Gasteiger partial charge on any atom is 0.338 e. The van der Waals surface area contributed by atoms with Gasteiger partial charge in [-0.3, -0.25) is 9.69 Å². The number of allylic oxidation sites excluding steroid dienone is 1. The Hall–Kier alpha value is -1.50. The van der Waals surface area contributed by atoms with Crippen molar-refractivity contribution in [2.75, 3.05) is 12.4 Å². The number of fused-ring (bicyclic) bond motifs is 1. The molecule has 3 rings (SSSR count). The molecule has 27 heavy (non-hydrogen) atoms. The van der Waals surface area contributed by atoms with Gasteiger partial charge in [-0.2, -0.15) is 0 Å². The Morgan fingerprint density at radius 3 is 2.81 bits per heavy atom. The minimum Gasteiger partial charge on any atom is -0.462 e. The second kappa shape index (κ2) is 8.25.